The lowest BCUT2D eigenvalue weighted by Crippen LogP contribution is -2.51. The number of nitrogens with zero attached hydrogens (tertiary/aromatic N) is 2. The summed E-state index contributed by atoms with van der Waals surface area (Å²) in [7, 11) is 1.67. The molecule has 1 N–H and O–H groups in total. The third-order valence-electron chi connectivity index (χ3n) is 3.98. The molecule has 2 rings (SSSR count). The highest BCUT2D eigenvalue weighted by Crippen LogP contribution is 2.31. The van der Waals surface area contributed by atoms with E-state index in [-0.39, 0.29) is 11.7 Å². The number of likely N-dealkylation sites (tertiary alicyclic amines) is 1. The minimum Gasteiger partial charge on any atom is -0.480 e. The summed E-state index contributed by atoms with van der Waals surface area (Å²) in [6.07, 6.45) is 2.69. The zero-order valence-electron chi connectivity index (χ0n) is 11.8. The van der Waals surface area contributed by atoms with E-state index in [0.717, 1.165) is 0 Å². The Morgan fingerprint density at radius 2 is 2.00 bits per heavy atom. The Morgan fingerprint density at radius 3 is 2.50 bits per heavy atom. The molecular weight excluding hydrogens is 260 g/mol. The number of Topliss-reactive ketones (excluding diaryl/α,β-unsaturated/α-hetero) is 1. The van der Waals surface area contributed by atoms with E-state index < -0.39 is 11.5 Å². The summed E-state index contributed by atoms with van der Waals surface area (Å²) < 4.78 is 1.57. The van der Waals surface area contributed by atoms with Crippen molar-refractivity contribution in [2.75, 3.05) is 6.54 Å². The second-order valence-electron chi connectivity index (χ2n) is 5.42. The molecule has 0 bridgehead atoms. The third kappa shape index (κ3) is 2.11. The Balaban J connectivity index is 2.36. The van der Waals surface area contributed by atoms with Crippen LogP contribution in [0.1, 0.15) is 47.5 Å². The van der Waals surface area contributed by atoms with Crippen molar-refractivity contribution in [3.8, 4) is 0 Å². The number of carboxylic acids is 1. The molecule has 1 unspecified atom stereocenters. The summed E-state index contributed by atoms with van der Waals surface area (Å²) in [5, 5.41) is 9.35. The fourth-order valence-corrected chi connectivity index (χ4v) is 2.62. The molecule has 1 atom stereocenters. The van der Waals surface area contributed by atoms with Gasteiger partial charge in [-0.2, -0.15) is 0 Å². The van der Waals surface area contributed by atoms with Gasteiger partial charge in [-0.05, 0) is 32.8 Å². The highest BCUT2D eigenvalue weighted by Gasteiger charge is 2.46. The molecule has 1 aromatic rings. The number of aliphatic carboxylic acids is 1. The van der Waals surface area contributed by atoms with Crippen molar-refractivity contribution in [3.63, 3.8) is 0 Å². The molecule has 2 heterocycles. The van der Waals surface area contributed by atoms with Gasteiger partial charge in [-0.25, -0.2) is 4.79 Å². The van der Waals surface area contributed by atoms with Crippen molar-refractivity contribution in [1.82, 2.24) is 9.47 Å². The van der Waals surface area contributed by atoms with Crippen LogP contribution in [0.3, 0.4) is 0 Å². The van der Waals surface area contributed by atoms with E-state index >= 15 is 0 Å². The van der Waals surface area contributed by atoms with Gasteiger partial charge in [-0.1, -0.05) is 0 Å². The van der Waals surface area contributed by atoms with Gasteiger partial charge in [-0.3, -0.25) is 9.59 Å². The number of carbonyl (C=O) groups is 3. The number of carbonyl (C=O) groups excluding carboxylic acids is 2. The molecule has 0 aliphatic carbocycles. The Morgan fingerprint density at radius 1 is 1.35 bits per heavy atom. The summed E-state index contributed by atoms with van der Waals surface area (Å²) in [5.41, 5.74) is -0.380. The molecule has 0 saturated carbocycles. The average Bonchev–Trinajstić information content (AvgIpc) is 2.93. The van der Waals surface area contributed by atoms with Gasteiger partial charge >= 0.3 is 5.97 Å². The summed E-state index contributed by atoms with van der Waals surface area (Å²) in [6, 6.07) is 1.52. The molecule has 0 spiro atoms. The molecule has 1 aliphatic rings. The standard InChI is InChI=1S/C14H18N2O4/c1-9(17)10-7-11(15(3)8-10)12(18)16-6-4-5-14(16,2)13(19)20/h7-8H,4-6H2,1-3H3,(H,19,20). The first kappa shape index (κ1) is 14.3. The molecule has 0 radical (unpaired) electrons. The molecule has 1 fully saturated rings. The second-order valence-corrected chi connectivity index (χ2v) is 5.42. The number of rotatable bonds is 3. The number of hydrogen-bond acceptors (Lipinski definition) is 3. The van der Waals surface area contributed by atoms with Crippen molar-refractivity contribution < 1.29 is 19.5 Å². The average molecular weight is 278 g/mol. The van der Waals surface area contributed by atoms with E-state index in [0.29, 0.717) is 30.6 Å². The van der Waals surface area contributed by atoms with Crippen LogP contribution in [-0.2, 0) is 11.8 Å². The second kappa shape index (κ2) is 4.77. The number of aryl methyl sites for hydroxylation is 1. The zero-order valence-corrected chi connectivity index (χ0v) is 11.8. The number of hydrogen-bond donors (Lipinski definition) is 1. The van der Waals surface area contributed by atoms with Crippen molar-refractivity contribution in [2.24, 2.45) is 7.05 Å². The quantitative estimate of drug-likeness (QED) is 0.845. The van der Waals surface area contributed by atoms with Crippen LogP contribution in [0.25, 0.3) is 0 Å². The van der Waals surface area contributed by atoms with Crippen LogP contribution in [0.2, 0.25) is 0 Å². The van der Waals surface area contributed by atoms with Gasteiger partial charge in [0.1, 0.15) is 11.2 Å². The third-order valence-corrected chi connectivity index (χ3v) is 3.98. The van der Waals surface area contributed by atoms with E-state index in [1.165, 1.54) is 17.9 Å². The maximum absolute atomic E-state index is 12.6. The lowest BCUT2D eigenvalue weighted by atomic mass is 9.99. The monoisotopic (exact) mass is 278 g/mol. The van der Waals surface area contributed by atoms with Crippen molar-refractivity contribution in [2.45, 2.75) is 32.2 Å². The number of carboxylic acid groups (broad SMARTS) is 1. The maximum Gasteiger partial charge on any atom is 0.329 e. The molecule has 108 valence electrons. The zero-order chi connectivity index (χ0) is 15.1. The minimum absolute atomic E-state index is 0.123. The summed E-state index contributed by atoms with van der Waals surface area (Å²) in [5.74, 6) is -1.46. The number of aromatic nitrogens is 1. The van der Waals surface area contributed by atoms with Crippen LogP contribution >= 0.6 is 0 Å². The molecule has 0 aromatic carbocycles. The summed E-state index contributed by atoms with van der Waals surface area (Å²) in [4.78, 5) is 36.7. The molecule has 20 heavy (non-hydrogen) atoms. The first-order chi connectivity index (χ1) is 9.27. The van der Waals surface area contributed by atoms with Crippen molar-refractivity contribution in [1.29, 1.82) is 0 Å². The van der Waals surface area contributed by atoms with Crippen molar-refractivity contribution >= 4 is 17.7 Å². The van der Waals surface area contributed by atoms with Crippen LogP contribution in [-0.4, -0.2) is 44.3 Å². The van der Waals surface area contributed by atoms with Gasteiger partial charge in [0.2, 0.25) is 0 Å². The predicted octanol–water partition coefficient (Wildman–Crippen LogP) is 1.31. The van der Waals surface area contributed by atoms with Gasteiger partial charge < -0.3 is 14.6 Å². The molecule has 6 heteroatoms. The first-order valence-corrected chi connectivity index (χ1v) is 6.50. The Labute approximate surface area is 117 Å². The Hall–Kier alpha value is -2.11. The molecule has 1 aliphatic heterocycles. The van der Waals surface area contributed by atoms with Gasteiger partial charge in [0.15, 0.2) is 5.78 Å². The number of amides is 1. The Kier molecular flexibility index (Phi) is 3.41. The highest BCUT2D eigenvalue weighted by molar-refractivity contribution is 6.01. The highest BCUT2D eigenvalue weighted by atomic mass is 16.4. The van der Waals surface area contributed by atoms with Crippen molar-refractivity contribution in [3.05, 3.63) is 23.5 Å². The minimum atomic E-state index is -1.17. The predicted molar refractivity (Wildman–Crippen MR) is 71.7 cm³/mol. The lowest BCUT2D eigenvalue weighted by molar-refractivity contribution is -0.147. The van der Waals surface area contributed by atoms with Gasteiger partial charge in [0, 0.05) is 25.4 Å². The molecule has 1 amide bonds. The summed E-state index contributed by atoms with van der Waals surface area (Å²) >= 11 is 0. The normalized spacial score (nSPS) is 22.1. The fraction of sp³-hybridized carbons (Fsp3) is 0.500. The van der Waals surface area contributed by atoms with E-state index in [2.05, 4.69) is 0 Å². The molecule has 1 saturated heterocycles. The summed E-state index contributed by atoms with van der Waals surface area (Å²) in [6.45, 7) is 3.41. The maximum atomic E-state index is 12.6. The fourth-order valence-electron chi connectivity index (χ4n) is 2.62. The molecular formula is C14H18N2O4. The SMILES string of the molecule is CC(=O)c1cc(C(=O)N2CCCC2(C)C(=O)O)n(C)c1. The Bertz CT molecular complexity index is 590. The van der Waals surface area contributed by atoms with E-state index in [9.17, 15) is 19.5 Å². The van der Waals surface area contributed by atoms with E-state index in [1.54, 1.807) is 24.7 Å². The lowest BCUT2D eigenvalue weighted by Gasteiger charge is -2.31. The largest absolute Gasteiger partial charge is 0.480 e. The van der Waals surface area contributed by atoms with Crippen LogP contribution in [0.5, 0.6) is 0 Å². The van der Waals surface area contributed by atoms with Crippen LogP contribution in [0, 0.1) is 0 Å². The smallest absolute Gasteiger partial charge is 0.329 e. The first-order valence-electron chi connectivity index (χ1n) is 6.50. The van der Waals surface area contributed by atoms with Crippen LogP contribution < -0.4 is 0 Å². The van der Waals surface area contributed by atoms with Gasteiger partial charge in [-0.15, -0.1) is 0 Å². The van der Waals surface area contributed by atoms with Gasteiger partial charge in [0.05, 0.1) is 0 Å². The molecule has 6 nitrogen and oxygen atoms in total. The number of ketones is 1. The van der Waals surface area contributed by atoms with Gasteiger partial charge in [0.25, 0.3) is 5.91 Å². The molecule has 1 aromatic heterocycles. The van der Waals surface area contributed by atoms with E-state index in [1.807, 2.05) is 0 Å². The van der Waals surface area contributed by atoms with Crippen LogP contribution in [0.4, 0.5) is 0 Å². The topological polar surface area (TPSA) is 79.6 Å². The van der Waals surface area contributed by atoms with E-state index in [4.69, 9.17) is 0 Å². The van der Waals surface area contributed by atoms with Crippen LogP contribution in [0.15, 0.2) is 12.3 Å².